The number of aromatic nitrogens is 1. The lowest BCUT2D eigenvalue weighted by Gasteiger charge is -2.36. The zero-order chi connectivity index (χ0) is 14.2. The van der Waals surface area contributed by atoms with E-state index in [0.29, 0.717) is 23.1 Å². The molecular weight excluding hydrogens is 236 g/mol. The zero-order valence-corrected chi connectivity index (χ0v) is 13.0. The van der Waals surface area contributed by atoms with Crippen LogP contribution >= 0.6 is 0 Å². The van der Waals surface area contributed by atoms with E-state index in [-0.39, 0.29) is 0 Å². The number of nitrogen functional groups attached to an aromatic ring is 1. The molecule has 0 atom stereocenters. The van der Waals surface area contributed by atoms with Crippen molar-refractivity contribution in [1.29, 1.82) is 0 Å². The van der Waals surface area contributed by atoms with Gasteiger partial charge in [0.25, 0.3) is 0 Å². The first-order valence-corrected chi connectivity index (χ1v) is 7.55. The van der Waals surface area contributed by atoms with Crippen LogP contribution in [-0.4, -0.2) is 5.16 Å². The maximum atomic E-state index is 5.94. The van der Waals surface area contributed by atoms with Crippen molar-refractivity contribution in [3.8, 4) is 0 Å². The van der Waals surface area contributed by atoms with Gasteiger partial charge in [0, 0.05) is 11.5 Å². The molecule has 3 heteroatoms. The summed E-state index contributed by atoms with van der Waals surface area (Å²) < 4.78 is 5.54. The van der Waals surface area contributed by atoms with Crippen molar-refractivity contribution in [1.82, 2.24) is 5.16 Å². The molecule has 1 heterocycles. The average molecular weight is 264 g/mol. The van der Waals surface area contributed by atoms with E-state index in [0.717, 1.165) is 17.2 Å². The van der Waals surface area contributed by atoms with Gasteiger partial charge in [-0.15, -0.1) is 0 Å². The second kappa shape index (κ2) is 5.18. The fourth-order valence-corrected chi connectivity index (χ4v) is 3.42. The maximum absolute atomic E-state index is 5.94. The Hall–Kier alpha value is -0.990. The molecule has 1 aliphatic rings. The Labute approximate surface area is 116 Å². The van der Waals surface area contributed by atoms with Crippen LogP contribution in [0.4, 0.5) is 5.82 Å². The molecule has 1 fully saturated rings. The molecule has 0 aromatic carbocycles. The predicted octanol–water partition coefficient (Wildman–Crippen LogP) is 4.70. The number of hydrogen-bond acceptors (Lipinski definition) is 3. The second-order valence-electron chi connectivity index (χ2n) is 7.42. The number of rotatable bonds is 2. The van der Waals surface area contributed by atoms with Gasteiger partial charge in [-0.3, -0.25) is 0 Å². The molecule has 0 aliphatic heterocycles. The summed E-state index contributed by atoms with van der Waals surface area (Å²) >= 11 is 0. The van der Waals surface area contributed by atoms with E-state index in [2.05, 4.69) is 39.8 Å². The molecule has 0 saturated heterocycles. The van der Waals surface area contributed by atoms with Crippen LogP contribution in [0.25, 0.3) is 0 Å². The monoisotopic (exact) mass is 264 g/mol. The van der Waals surface area contributed by atoms with Gasteiger partial charge in [-0.1, -0.05) is 39.8 Å². The minimum atomic E-state index is 0.390. The Bertz CT molecular complexity index is 420. The minimum absolute atomic E-state index is 0.390. The summed E-state index contributed by atoms with van der Waals surface area (Å²) in [4.78, 5) is 0. The molecule has 1 saturated carbocycles. The van der Waals surface area contributed by atoms with Crippen LogP contribution < -0.4 is 5.73 Å². The van der Waals surface area contributed by atoms with E-state index >= 15 is 0 Å². The van der Waals surface area contributed by atoms with Crippen molar-refractivity contribution in [3.63, 3.8) is 0 Å². The lowest BCUT2D eigenvalue weighted by molar-refractivity contribution is 0.160. The molecule has 2 rings (SSSR count). The quantitative estimate of drug-likeness (QED) is 0.842. The third kappa shape index (κ3) is 2.96. The number of nitrogens with zero attached hydrogens (tertiary/aromatic N) is 1. The Balaban J connectivity index is 2.10. The third-order valence-corrected chi connectivity index (χ3v) is 4.68. The van der Waals surface area contributed by atoms with E-state index in [1.54, 1.807) is 0 Å². The first-order valence-electron chi connectivity index (χ1n) is 7.55. The first kappa shape index (κ1) is 14.4. The fraction of sp³-hybridized carbons (Fsp3) is 0.812. The summed E-state index contributed by atoms with van der Waals surface area (Å²) in [6, 6.07) is 0. The third-order valence-electron chi connectivity index (χ3n) is 4.68. The normalized spacial score (nSPS) is 24.9. The second-order valence-corrected chi connectivity index (χ2v) is 7.42. The van der Waals surface area contributed by atoms with Crippen molar-refractivity contribution >= 4 is 5.82 Å². The van der Waals surface area contributed by atoms with E-state index in [1.807, 2.05) is 0 Å². The molecule has 2 N–H and O–H groups in total. The van der Waals surface area contributed by atoms with E-state index in [4.69, 9.17) is 10.3 Å². The summed E-state index contributed by atoms with van der Waals surface area (Å²) in [6.45, 7) is 11.4. The number of anilines is 1. The van der Waals surface area contributed by atoms with E-state index < -0.39 is 0 Å². The highest BCUT2D eigenvalue weighted by molar-refractivity contribution is 5.44. The maximum Gasteiger partial charge on any atom is 0.170 e. The Morgan fingerprint density at radius 2 is 1.74 bits per heavy atom. The highest BCUT2D eigenvalue weighted by Gasteiger charge is 2.33. The highest BCUT2D eigenvalue weighted by atomic mass is 16.5. The number of hydrogen-bond donors (Lipinski definition) is 1. The van der Waals surface area contributed by atoms with Gasteiger partial charge in [-0.25, -0.2) is 0 Å². The molecule has 1 aliphatic carbocycles. The van der Waals surface area contributed by atoms with Crippen LogP contribution in [0.3, 0.4) is 0 Å². The van der Waals surface area contributed by atoms with E-state index in [9.17, 15) is 0 Å². The Kier molecular flexibility index (Phi) is 3.93. The molecule has 0 amide bonds. The molecule has 108 valence electrons. The van der Waals surface area contributed by atoms with Gasteiger partial charge >= 0.3 is 0 Å². The van der Waals surface area contributed by atoms with Crippen LogP contribution in [0.5, 0.6) is 0 Å². The SMILES string of the molecule is CC(C)c1c(N)noc1C1CCC(C(C)(C)C)CC1. The summed E-state index contributed by atoms with van der Waals surface area (Å²) in [5.74, 6) is 3.37. The van der Waals surface area contributed by atoms with Gasteiger partial charge in [0.05, 0.1) is 0 Å². The summed E-state index contributed by atoms with van der Waals surface area (Å²) in [7, 11) is 0. The average Bonchev–Trinajstić information content (AvgIpc) is 2.70. The molecule has 0 spiro atoms. The summed E-state index contributed by atoms with van der Waals surface area (Å²) in [6.07, 6.45) is 4.98. The van der Waals surface area contributed by atoms with Crippen LogP contribution in [-0.2, 0) is 0 Å². The Morgan fingerprint density at radius 1 is 1.16 bits per heavy atom. The lowest BCUT2D eigenvalue weighted by atomic mass is 9.69. The van der Waals surface area contributed by atoms with Gasteiger partial charge in [-0.2, -0.15) is 0 Å². The van der Waals surface area contributed by atoms with Crippen molar-refractivity contribution in [2.24, 2.45) is 11.3 Å². The predicted molar refractivity (Wildman–Crippen MR) is 79.2 cm³/mol. The van der Waals surface area contributed by atoms with Gasteiger partial charge in [0.1, 0.15) is 5.76 Å². The number of nitrogens with two attached hydrogens (primary N) is 1. The topological polar surface area (TPSA) is 52.0 Å². The zero-order valence-electron chi connectivity index (χ0n) is 13.0. The highest BCUT2D eigenvalue weighted by Crippen LogP contribution is 2.45. The largest absolute Gasteiger partial charge is 0.381 e. The first-order chi connectivity index (χ1) is 8.80. The lowest BCUT2D eigenvalue weighted by Crippen LogP contribution is -2.25. The van der Waals surface area contributed by atoms with Crippen molar-refractivity contribution in [3.05, 3.63) is 11.3 Å². The molecule has 0 bridgehead atoms. The van der Waals surface area contributed by atoms with Gasteiger partial charge in [0.15, 0.2) is 5.82 Å². The van der Waals surface area contributed by atoms with Crippen LogP contribution in [0.1, 0.15) is 83.5 Å². The van der Waals surface area contributed by atoms with Crippen molar-refractivity contribution < 1.29 is 4.52 Å². The molecular formula is C16H28N2O. The van der Waals surface area contributed by atoms with Crippen molar-refractivity contribution in [2.75, 3.05) is 5.73 Å². The fourth-order valence-electron chi connectivity index (χ4n) is 3.42. The minimum Gasteiger partial charge on any atom is -0.381 e. The molecule has 0 unspecified atom stereocenters. The van der Waals surface area contributed by atoms with Crippen molar-refractivity contribution in [2.45, 2.75) is 72.1 Å². The summed E-state index contributed by atoms with van der Waals surface area (Å²) in [5, 5.41) is 3.98. The molecule has 1 aromatic heterocycles. The van der Waals surface area contributed by atoms with Crippen LogP contribution in [0.2, 0.25) is 0 Å². The standard InChI is InChI=1S/C16H28N2O/c1-10(2)13-14(19-18-15(13)17)11-6-8-12(9-7-11)16(3,4)5/h10-12H,6-9H2,1-5H3,(H2,17,18). The van der Waals surface area contributed by atoms with Gasteiger partial charge in [0.2, 0.25) is 0 Å². The molecule has 3 nitrogen and oxygen atoms in total. The smallest absolute Gasteiger partial charge is 0.170 e. The Morgan fingerprint density at radius 3 is 2.21 bits per heavy atom. The molecule has 0 radical (unpaired) electrons. The molecule has 19 heavy (non-hydrogen) atoms. The van der Waals surface area contributed by atoms with E-state index in [1.165, 1.54) is 25.7 Å². The summed E-state index contributed by atoms with van der Waals surface area (Å²) in [5.41, 5.74) is 7.50. The van der Waals surface area contributed by atoms with Gasteiger partial charge < -0.3 is 10.3 Å². The van der Waals surface area contributed by atoms with Crippen LogP contribution in [0.15, 0.2) is 4.52 Å². The van der Waals surface area contributed by atoms with Crippen LogP contribution in [0, 0.1) is 11.3 Å². The molecule has 1 aromatic rings. The van der Waals surface area contributed by atoms with Gasteiger partial charge in [-0.05, 0) is 42.9 Å².